The van der Waals surface area contributed by atoms with Gasteiger partial charge < -0.3 is 25.4 Å². The number of carboxylic acid groups (broad SMARTS) is 1. The molecule has 5 rings (SSSR count). The molecule has 0 atom stereocenters. The number of carbonyl (C=O) groups excluding carboxylic acids is 2. The van der Waals surface area contributed by atoms with E-state index in [-0.39, 0.29) is 11.3 Å². The van der Waals surface area contributed by atoms with Gasteiger partial charge in [0, 0.05) is 41.1 Å². The van der Waals surface area contributed by atoms with E-state index in [1.165, 1.54) is 30.3 Å². The fourth-order valence-electron chi connectivity index (χ4n) is 4.29. The maximum Gasteiger partial charge on any atom is 0.335 e. The largest absolute Gasteiger partial charge is 0.478 e. The lowest BCUT2D eigenvalue weighted by atomic mass is 10.1. The van der Waals surface area contributed by atoms with E-state index in [0.717, 1.165) is 29.7 Å². The number of para-hydroxylation sites is 1. The van der Waals surface area contributed by atoms with Gasteiger partial charge in [0.1, 0.15) is 0 Å². The Morgan fingerprint density at radius 3 is 2.10 bits per heavy atom. The second-order valence-corrected chi connectivity index (χ2v) is 8.92. The molecule has 196 valence electrons. The van der Waals surface area contributed by atoms with E-state index in [0.29, 0.717) is 35.8 Å². The Kier molecular flexibility index (Phi) is 7.60. The third-order valence-electron chi connectivity index (χ3n) is 6.29. The van der Waals surface area contributed by atoms with Crippen molar-refractivity contribution in [3.63, 3.8) is 0 Å². The van der Waals surface area contributed by atoms with Crippen LogP contribution in [0, 0.1) is 0 Å². The number of ether oxygens (including phenoxy) is 1. The number of carbonyl (C=O) groups is 3. The summed E-state index contributed by atoms with van der Waals surface area (Å²) < 4.78 is 5.50. The maximum atomic E-state index is 12.8. The monoisotopic (exact) mass is 522 g/mol. The molecule has 1 saturated heterocycles. The Hall–Kier alpha value is -5.02. The molecule has 9 heteroatoms. The minimum atomic E-state index is -1.04. The molecule has 2 heterocycles. The van der Waals surface area contributed by atoms with Gasteiger partial charge in [-0.05, 0) is 72.8 Å². The number of urea groups is 1. The number of aromatic nitrogens is 1. The summed E-state index contributed by atoms with van der Waals surface area (Å²) in [6, 6.07) is 21.8. The van der Waals surface area contributed by atoms with Crippen LogP contribution in [0.5, 0.6) is 0 Å². The number of benzene rings is 3. The van der Waals surface area contributed by atoms with Gasteiger partial charge in [-0.1, -0.05) is 18.2 Å². The Balaban J connectivity index is 1.24. The summed E-state index contributed by atoms with van der Waals surface area (Å²) >= 11 is 0. The van der Waals surface area contributed by atoms with E-state index in [1.54, 1.807) is 30.3 Å². The second kappa shape index (κ2) is 11.6. The molecule has 1 aliphatic heterocycles. The summed E-state index contributed by atoms with van der Waals surface area (Å²) in [5.74, 6) is -1.23. The Morgan fingerprint density at radius 1 is 0.846 bits per heavy atom. The van der Waals surface area contributed by atoms with Crippen molar-refractivity contribution >= 4 is 51.8 Å². The fraction of sp³-hybridized carbons (Fsp3) is 0.133. The normalized spacial score (nSPS) is 13.4. The topological polar surface area (TPSA) is 121 Å². The van der Waals surface area contributed by atoms with Gasteiger partial charge in [-0.15, -0.1) is 0 Å². The predicted molar refractivity (Wildman–Crippen MR) is 151 cm³/mol. The molecular formula is C30H26N4O5. The summed E-state index contributed by atoms with van der Waals surface area (Å²) in [5, 5.41) is 15.4. The zero-order valence-corrected chi connectivity index (χ0v) is 21.0. The van der Waals surface area contributed by atoms with Crippen molar-refractivity contribution in [3.8, 4) is 0 Å². The van der Waals surface area contributed by atoms with Crippen LogP contribution >= 0.6 is 0 Å². The van der Waals surface area contributed by atoms with Crippen molar-refractivity contribution in [3.05, 3.63) is 102 Å². The molecule has 0 spiro atoms. The zero-order valence-electron chi connectivity index (χ0n) is 21.0. The molecule has 0 bridgehead atoms. The molecule has 0 aliphatic carbocycles. The van der Waals surface area contributed by atoms with Crippen molar-refractivity contribution in [1.29, 1.82) is 0 Å². The lowest BCUT2D eigenvalue weighted by Crippen LogP contribution is -2.36. The standard InChI is InChI=1S/C30H26N4O5/c35-28(14-13-24-19-27(34-15-17-39-18-16-34)25-3-1-2-4-26(25)31-24)20-5-9-22(10-6-20)32-30(38)33-23-11-7-21(8-12-23)29(36)37/h1-14,19H,15-18H2,(H,36,37)(H2,32,33,38)/b14-13+. The van der Waals surface area contributed by atoms with Crippen LogP contribution in [0.15, 0.2) is 84.9 Å². The van der Waals surface area contributed by atoms with Crippen molar-refractivity contribution in [2.45, 2.75) is 0 Å². The lowest BCUT2D eigenvalue weighted by Gasteiger charge is -2.30. The first kappa shape index (κ1) is 25.6. The number of nitrogens with zero attached hydrogens (tertiary/aromatic N) is 2. The van der Waals surface area contributed by atoms with E-state index in [9.17, 15) is 14.4 Å². The van der Waals surface area contributed by atoms with Gasteiger partial charge in [-0.2, -0.15) is 0 Å². The molecule has 1 fully saturated rings. The third-order valence-corrected chi connectivity index (χ3v) is 6.29. The van der Waals surface area contributed by atoms with Crippen molar-refractivity contribution < 1.29 is 24.2 Å². The van der Waals surface area contributed by atoms with Crippen molar-refractivity contribution in [2.75, 3.05) is 41.8 Å². The van der Waals surface area contributed by atoms with Crippen LogP contribution < -0.4 is 15.5 Å². The summed E-state index contributed by atoms with van der Waals surface area (Å²) in [7, 11) is 0. The van der Waals surface area contributed by atoms with Crippen molar-refractivity contribution in [1.82, 2.24) is 4.98 Å². The van der Waals surface area contributed by atoms with Crippen LogP contribution in [-0.2, 0) is 4.74 Å². The summed E-state index contributed by atoms with van der Waals surface area (Å²) in [6.45, 7) is 2.94. The quantitative estimate of drug-likeness (QED) is 0.222. The van der Waals surface area contributed by atoms with Gasteiger partial charge in [0.15, 0.2) is 5.78 Å². The number of fused-ring (bicyclic) bond motifs is 1. The number of nitrogens with one attached hydrogen (secondary N) is 2. The van der Waals surface area contributed by atoms with E-state index in [2.05, 4.69) is 21.6 Å². The number of anilines is 3. The molecule has 39 heavy (non-hydrogen) atoms. The first-order valence-electron chi connectivity index (χ1n) is 12.4. The first-order valence-corrected chi connectivity index (χ1v) is 12.4. The average Bonchev–Trinajstić information content (AvgIpc) is 2.96. The highest BCUT2D eigenvalue weighted by molar-refractivity contribution is 6.07. The lowest BCUT2D eigenvalue weighted by molar-refractivity contribution is 0.0696. The molecule has 0 unspecified atom stereocenters. The van der Waals surface area contributed by atoms with Crippen LogP contribution in [0.25, 0.3) is 17.0 Å². The molecular weight excluding hydrogens is 496 g/mol. The predicted octanol–water partition coefficient (Wildman–Crippen LogP) is 5.31. The fourth-order valence-corrected chi connectivity index (χ4v) is 4.29. The van der Waals surface area contributed by atoms with E-state index in [4.69, 9.17) is 14.8 Å². The Labute approximate surface area is 224 Å². The molecule has 3 aromatic carbocycles. The number of morpholine rings is 1. The van der Waals surface area contributed by atoms with E-state index in [1.807, 2.05) is 24.3 Å². The summed E-state index contributed by atoms with van der Waals surface area (Å²) in [6.07, 6.45) is 3.21. The number of amides is 2. The van der Waals surface area contributed by atoms with Crippen LogP contribution in [0.1, 0.15) is 26.4 Å². The van der Waals surface area contributed by atoms with E-state index < -0.39 is 12.0 Å². The van der Waals surface area contributed by atoms with Crippen LogP contribution in [-0.4, -0.2) is 54.2 Å². The number of pyridine rings is 1. The molecule has 0 radical (unpaired) electrons. The molecule has 9 nitrogen and oxygen atoms in total. The Bertz CT molecular complexity index is 1540. The second-order valence-electron chi connectivity index (χ2n) is 8.92. The van der Waals surface area contributed by atoms with Gasteiger partial charge in [-0.25, -0.2) is 14.6 Å². The van der Waals surface area contributed by atoms with E-state index >= 15 is 0 Å². The molecule has 3 N–H and O–H groups in total. The zero-order chi connectivity index (χ0) is 27.2. The van der Waals surface area contributed by atoms with Crippen LogP contribution in [0.2, 0.25) is 0 Å². The highest BCUT2D eigenvalue weighted by Gasteiger charge is 2.15. The molecule has 2 amide bonds. The molecule has 0 saturated carbocycles. The minimum Gasteiger partial charge on any atom is -0.478 e. The molecule has 1 aromatic heterocycles. The smallest absolute Gasteiger partial charge is 0.335 e. The van der Waals surface area contributed by atoms with Gasteiger partial charge in [0.25, 0.3) is 0 Å². The number of carboxylic acids is 1. The van der Waals surface area contributed by atoms with Gasteiger partial charge >= 0.3 is 12.0 Å². The highest BCUT2D eigenvalue weighted by Crippen LogP contribution is 2.28. The number of hydrogen-bond donors (Lipinski definition) is 3. The number of rotatable bonds is 7. The number of allylic oxidation sites excluding steroid dienone is 1. The average molecular weight is 523 g/mol. The first-order chi connectivity index (χ1) is 19.0. The van der Waals surface area contributed by atoms with Gasteiger partial charge in [0.05, 0.1) is 30.0 Å². The van der Waals surface area contributed by atoms with Crippen LogP contribution in [0.4, 0.5) is 21.9 Å². The maximum absolute atomic E-state index is 12.8. The van der Waals surface area contributed by atoms with Crippen molar-refractivity contribution in [2.24, 2.45) is 0 Å². The summed E-state index contributed by atoms with van der Waals surface area (Å²) in [4.78, 5) is 43.1. The van der Waals surface area contributed by atoms with Gasteiger partial charge in [0.2, 0.25) is 0 Å². The van der Waals surface area contributed by atoms with Gasteiger partial charge in [-0.3, -0.25) is 4.79 Å². The number of ketones is 1. The Morgan fingerprint density at radius 2 is 1.46 bits per heavy atom. The van der Waals surface area contributed by atoms with Crippen LogP contribution in [0.3, 0.4) is 0 Å². The number of hydrogen-bond acceptors (Lipinski definition) is 6. The highest BCUT2D eigenvalue weighted by atomic mass is 16.5. The molecule has 1 aliphatic rings. The molecule has 4 aromatic rings. The number of aromatic carboxylic acids is 1. The third kappa shape index (κ3) is 6.28. The minimum absolute atomic E-state index is 0.129. The summed E-state index contributed by atoms with van der Waals surface area (Å²) in [5.41, 5.74) is 4.17. The SMILES string of the molecule is O=C(Nc1ccc(C(=O)O)cc1)Nc1ccc(C(=O)/C=C/c2cc(N3CCOCC3)c3ccccc3n2)cc1.